The summed E-state index contributed by atoms with van der Waals surface area (Å²) in [5.74, 6) is -0.0955. The first-order chi connectivity index (χ1) is 15.7. The third-order valence-corrected chi connectivity index (χ3v) is 10.2. The smallest absolute Gasteiger partial charge is 0.331 e. The molecule has 5 rings (SSSR count). The van der Waals surface area contributed by atoms with Gasteiger partial charge in [0.15, 0.2) is 0 Å². The molecule has 0 spiro atoms. The minimum atomic E-state index is -1.06. The van der Waals surface area contributed by atoms with Gasteiger partial charge in [-0.05, 0) is 74.7 Å². The lowest BCUT2D eigenvalue weighted by Crippen LogP contribution is -2.68. The highest BCUT2D eigenvalue weighted by molar-refractivity contribution is 5.85. The second kappa shape index (κ2) is 8.04. The number of nitrogens with one attached hydrogen (secondary N) is 1. The van der Waals surface area contributed by atoms with Gasteiger partial charge in [-0.1, -0.05) is 6.92 Å². The lowest BCUT2D eigenvalue weighted by molar-refractivity contribution is -0.237. The molecule has 1 aliphatic heterocycles. The molecule has 0 amide bonds. The molecule has 184 valence electrons. The maximum absolute atomic E-state index is 12.3. The molecule has 4 saturated carbocycles. The summed E-state index contributed by atoms with van der Waals surface area (Å²) >= 11 is 0. The molecule has 7 unspecified atom stereocenters. The Morgan fingerprint density at radius 2 is 1.94 bits per heavy atom. The molecule has 0 saturated heterocycles. The van der Waals surface area contributed by atoms with Crippen LogP contribution in [0.5, 0.6) is 0 Å². The number of hydrazone groups is 1. The molecule has 8 nitrogen and oxygen atoms in total. The topological polar surface area (TPSA) is 132 Å². The highest BCUT2D eigenvalue weighted by Crippen LogP contribution is 2.70. The van der Waals surface area contributed by atoms with Gasteiger partial charge >= 0.3 is 5.97 Å². The third kappa shape index (κ3) is 3.24. The van der Waals surface area contributed by atoms with E-state index in [-0.39, 0.29) is 35.7 Å². The second-order valence-corrected chi connectivity index (χ2v) is 11.4. The fourth-order valence-corrected chi connectivity index (χ4v) is 8.64. The predicted octanol–water partition coefficient (Wildman–Crippen LogP) is 1.27. The molecule has 5 N–H and O–H groups in total. The van der Waals surface area contributed by atoms with Crippen molar-refractivity contribution >= 4 is 12.2 Å². The van der Waals surface area contributed by atoms with E-state index in [4.69, 9.17) is 9.84 Å². The van der Waals surface area contributed by atoms with E-state index >= 15 is 0 Å². The molecular formula is C25H38N2O6. The molecular weight excluding hydrogens is 424 g/mol. The fourth-order valence-electron chi connectivity index (χ4n) is 8.64. The summed E-state index contributed by atoms with van der Waals surface area (Å²) in [6.07, 6.45) is 8.88. The normalized spacial score (nSPS) is 49.2. The van der Waals surface area contributed by atoms with E-state index in [1.54, 1.807) is 6.08 Å². The number of cyclic esters (lactones) is 1. The Kier molecular flexibility index (Phi) is 5.67. The van der Waals surface area contributed by atoms with Crippen LogP contribution in [0.2, 0.25) is 0 Å². The molecule has 0 bridgehead atoms. The maximum Gasteiger partial charge on any atom is 0.331 e. The molecule has 0 aromatic carbocycles. The predicted molar refractivity (Wildman–Crippen MR) is 121 cm³/mol. The van der Waals surface area contributed by atoms with E-state index < -0.39 is 22.7 Å². The minimum Gasteiger partial charge on any atom is -0.458 e. The van der Waals surface area contributed by atoms with Crippen molar-refractivity contribution in [1.82, 2.24) is 5.43 Å². The quantitative estimate of drug-likeness (QED) is 0.180. The number of aliphatic hydroxyl groups excluding tert-OH is 2. The van der Waals surface area contributed by atoms with Gasteiger partial charge in [0, 0.05) is 29.5 Å². The van der Waals surface area contributed by atoms with Gasteiger partial charge in [0.1, 0.15) is 6.61 Å². The zero-order valence-electron chi connectivity index (χ0n) is 19.5. The first kappa shape index (κ1) is 23.3. The summed E-state index contributed by atoms with van der Waals surface area (Å²) in [6.45, 7) is 2.82. The molecule has 0 aromatic heterocycles. The Hall–Kier alpha value is -1.48. The van der Waals surface area contributed by atoms with Crippen LogP contribution in [0.25, 0.3) is 0 Å². The zero-order valence-corrected chi connectivity index (χ0v) is 19.5. The van der Waals surface area contributed by atoms with E-state index in [1.807, 2.05) is 6.21 Å². The SMILES string of the molecule is CC12CCC3C(CCC4(O)CC(O)CC[C@]34C=NNCCO)C1(O)CCC2C1=CC(=O)OC1. The van der Waals surface area contributed by atoms with Crippen molar-refractivity contribution in [3.05, 3.63) is 11.6 Å². The number of rotatable bonds is 5. The first-order valence-corrected chi connectivity index (χ1v) is 12.6. The molecule has 33 heavy (non-hydrogen) atoms. The van der Waals surface area contributed by atoms with E-state index in [0.717, 1.165) is 24.8 Å². The Morgan fingerprint density at radius 3 is 2.67 bits per heavy atom. The van der Waals surface area contributed by atoms with Crippen molar-refractivity contribution in [1.29, 1.82) is 0 Å². The Morgan fingerprint density at radius 1 is 1.15 bits per heavy atom. The summed E-state index contributed by atoms with van der Waals surface area (Å²) < 4.78 is 5.20. The van der Waals surface area contributed by atoms with Crippen LogP contribution in [-0.2, 0) is 9.53 Å². The molecule has 1 heterocycles. The summed E-state index contributed by atoms with van der Waals surface area (Å²) in [6, 6.07) is 0. The lowest BCUT2D eigenvalue weighted by Gasteiger charge is -2.65. The number of carbonyl (C=O) groups excluding carboxylic acids is 1. The summed E-state index contributed by atoms with van der Waals surface area (Å²) in [7, 11) is 0. The summed E-state index contributed by atoms with van der Waals surface area (Å²) in [5, 5.41) is 48.1. The highest BCUT2D eigenvalue weighted by Gasteiger charge is 2.71. The number of aliphatic hydroxyl groups is 4. The van der Waals surface area contributed by atoms with Crippen molar-refractivity contribution in [2.24, 2.45) is 33.7 Å². The standard InChI is InChI=1S/C25H38N2O6/c1-22-6-3-19-20(25(22,32)9-5-18(22)16-12-21(30)33-14-16)4-8-24(31)13-17(29)2-7-23(19,24)15-27-26-10-11-28/h12,15,17-20,26,28-29,31-32H,2-11,13-14H2,1H3/t17?,18?,19?,20?,22?,23-,24?,25?/m0/s1. The number of esters is 1. The number of ether oxygens (including phenoxy) is 1. The van der Waals surface area contributed by atoms with Crippen LogP contribution in [0.4, 0.5) is 0 Å². The van der Waals surface area contributed by atoms with Gasteiger partial charge in [-0.25, -0.2) is 4.79 Å². The van der Waals surface area contributed by atoms with Gasteiger partial charge < -0.3 is 30.6 Å². The van der Waals surface area contributed by atoms with Crippen LogP contribution < -0.4 is 5.43 Å². The van der Waals surface area contributed by atoms with Gasteiger partial charge in [0.05, 0.1) is 30.5 Å². The highest BCUT2D eigenvalue weighted by atomic mass is 16.5. The number of nitrogens with zero attached hydrogens (tertiary/aromatic N) is 1. The van der Waals surface area contributed by atoms with E-state index in [2.05, 4.69) is 17.5 Å². The number of carbonyl (C=O) groups is 1. The molecule has 8 heteroatoms. The van der Waals surface area contributed by atoms with Crippen molar-refractivity contribution < 1.29 is 30.0 Å². The molecule has 8 atom stereocenters. The van der Waals surface area contributed by atoms with Crippen LogP contribution in [0.1, 0.15) is 64.7 Å². The van der Waals surface area contributed by atoms with Crippen molar-refractivity contribution in [3.8, 4) is 0 Å². The molecule has 0 radical (unpaired) electrons. The fraction of sp³-hybridized carbons (Fsp3) is 0.840. The van der Waals surface area contributed by atoms with Gasteiger partial charge in [-0.2, -0.15) is 5.10 Å². The largest absolute Gasteiger partial charge is 0.458 e. The monoisotopic (exact) mass is 462 g/mol. The average molecular weight is 463 g/mol. The molecule has 4 aliphatic carbocycles. The third-order valence-electron chi connectivity index (χ3n) is 10.2. The van der Waals surface area contributed by atoms with Crippen molar-refractivity contribution in [3.63, 3.8) is 0 Å². The summed E-state index contributed by atoms with van der Waals surface area (Å²) in [4.78, 5) is 11.7. The van der Waals surface area contributed by atoms with Crippen molar-refractivity contribution in [2.45, 2.75) is 82.0 Å². The van der Waals surface area contributed by atoms with E-state index in [0.29, 0.717) is 51.7 Å². The number of hydrogen-bond donors (Lipinski definition) is 5. The zero-order chi connectivity index (χ0) is 23.5. The second-order valence-electron chi connectivity index (χ2n) is 11.4. The van der Waals surface area contributed by atoms with Crippen LogP contribution in [-0.4, -0.2) is 69.7 Å². The van der Waals surface area contributed by atoms with Gasteiger partial charge in [-0.15, -0.1) is 0 Å². The van der Waals surface area contributed by atoms with Gasteiger partial charge in [0.25, 0.3) is 0 Å². The Balaban J connectivity index is 1.50. The summed E-state index contributed by atoms with van der Waals surface area (Å²) in [5.41, 5.74) is 0.968. The van der Waals surface area contributed by atoms with Gasteiger partial charge in [0.2, 0.25) is 0 Å². The number of hydrogen-bond acceptors (Lipinski definition) is 8. The van der Waals surface area contributed by atoms with Crippen LogP contribution in [0.3, 0.4) is 0 Å². The van der Waals surface area contributed by atoms with Crippen molar-refractivity contribution in [2.75, 3.05) is 19.8 Å². The Labute approximate surface area is 195 Å². The van der Waals surface area contributed by atoms with E-state index in [9.17, 15) is 20.1 Å². The molecule has 0 aromatic rings. The van der Waals surface area contributed by atoms with Gasteiger partial charge in [-0.3, -0.25) is 0 Å². The minimum absolute atomic E-state index is 0.0136. The Bertz CT molecular complexity index is 862. The van der Waals surface area contributed by atoms with Crippen LogP contribution in [0.15, 0.2) is 16.8 Å². The number of fused-ring (bicyclic) bond motifs is 5. The maximum atomic E-state index is 12.3. The van der Waals surface area contributed by atoms with Crippen LogP contribution >= 0.6 is 0 Å². The first-order valence-electron chi connectivity index (χ1n) is 12.6. The molecule has 4 fully saturated rings. The van der Waals surface area contributed by atoms with Crippen LogP contribution in [0, 0.1) is 28.6 Å². The molecule has 5 aliphatic rings. The average Bonchev–Trinajstić information content (AvgIpc) is 3.31. The van der Waals surface area contributed by atoms with E-state index in [1.165, 1.54) is 0 Å². The lowest BCUT2D eigenvalue weighted by atomic mass is 9.41.